The molecule has 0 radical (unpaired) electrons. The molecule has 0 saturated carbocycles. The van der Waals surface area contributed by atoms with Gasteiger partial charge in [0.05, 0.1) is 12.8 Å². The Hall–Kier alpha value is -1.95. The largest absolute Gasteiger partial charge is 0.381 e. The molecule has 1 aliphatic carbocycles. The van der Waals surface area contributed by atoms with Crippen LogP contribution < -0.4 is 0 Å². The van der Waals surface area contributed by atoms with Crippen molar-refractivity contribution < 1.29 is 4.74 Å². The molecule has 1 fully saturated rings. The third-order valence-corrected chi connectivity index (χ3v) is 4.33. The molecule has 0 bridgehead atoms. The van der Waals surface area contributed by atoms with E-state index in [1.54, 1.807) is 6.20 Å². The van der Waals surface area contributed by atoms with Gasteiger partial charge in [0.15, 0.2) is 11.6 Å². The summed E-state index contributed by atoms with van der Waals surface area (Å²) in [6.07, 6.45) is 9.34. The molecule has 0 N–H and O–H groups in total. The highest BCUT2D eigenvalue weighted by atomic mass is 16.5. The monoisotopic (exact) mass is 285 g/mol. The van der Waals surface area contributed by atoms with Gasteiger partial charge in [-0.15, -0.1) is 5.10 Å². The summed E-state index contributed by atoms with van der Waals surface area (Å²) in [5.74, 6) is 3.67. The van der Waals surface area contributed by atoms with Gasteiger partial charge in [0.2, 0.25) is 0 Å². The number of hydrogen-bond acceptors (Lipinski definition) is 4. The quantitative estimate of drug-likeness (QED) is 0.809. The summed E-state index contributed by atoms with van der Waals surface area (Å²) >= 11 is 0. The fourth-order valence-corrected chi connectivity index (χ4v) is 3.09. The van der Waals surface area contributed by atoms with E-state index in [-0.39, 0.29) is 0 Å². The molecule has 1 saturated heterocycles. The Bertz CT molecular complexity index is 657. The van der Waals surface area contributed by atoms with E-state index in [1.165, 1.54) is 0 Å². The first-order valence-corrected chi connectivity index (χ1v) is 7.51. The number of allylic oxidation sites excluding steroid dienone is 2. The molecule has 110 valence electrons. The average molecular weight is 285 g/mol. The van der Waals surface area contributed by atoms with Crippen LogP contribution in [0.15, 0.2) is 24.4 Å². The standard InChI is InChI=1S/C15H19N5O/c1-19-13(6-8-16-19)20-15(11-4-2-3-5-11)17-14(18-20)12-7-9-21-10-12/h2-3,6,8,11-12H,4-5,7,9-10H2,1H3. The smallest absolute Gasteiger partial charge is 0.156 e. The Morgan fingerprint density at radius 3 is 2.76 bits per heavy atom. The van der Waals surface area contributed by atoms with Gasteiger partial charge in [-0.3, -0.25) is 4.68 Å². The van der Waals surface area contributed by atoms with Crippen LogP contribution in [0, 0.1) is 0 Å². The van der Waals surface area contributed by atoms with E-state index in [9.17, 15) is 0 Å². The lowest BCUT2D eigenvalue weighted by Gasteiger charge is -2.10. The molecule has 6 nitrogen and oxygen atoms in total. The summed E-state index contributed by atoms with van der Waals surface area (Å²) in [4.78, 5) is 4.86. The van der Waals surface area contributed by atoms with Crippen molar-refractivity contribution in [2.45, 2.75) is 31.1 Å². The average Bonchev–Trinajstić information content (AvgIpc) is 3.26. The minimum atomic E-state index is 0.326. The molecular weight excluding hydrogens is 266 g/mol. The van der Waals surface area contributed by atoms with Crippen LogP contribution in [-0.4, -0.2) is 37.8 Å². The van der Waals surface area contributed by atoms with E-state index in [4.69, 9.17) is 14.8 Å². The number of aryl methyl sites for hydroxylation is 1. The van der Waals surface area contributed by atoms with Crippen LogP contribution >= 0.6 is 0 Å². The van der Waals surface area contributed by atoms with Gasteiger partial charge < -0.3 is 4.74 Å². The van der Waals surface area contributed by atoms with Gasteiger partial charge in [-0.2, -0.15) is 9.78 Å². The van der Waals surface area contributed by atoms with Crippen molar-refractivity contribution in [1.29, 1.82) is 0 Å². The predicted octanol–water partition coefficient (Wildman–Crippen LogP) is 1.94. The van der Waals surface area contributed by atoms with Crippen LogP contribution in [0.2, 0.25) is 0 Å². The normalized spacial score (nSPS) is 22.4. The highest BCUT2D eigenvalue weighted by molar-refractivity contribution is 5.25. The second kappa shape index (κ2) is 5.11. The Kier molecular flexibility index (Phi) is 3.11. The molecule has 4 rings (SSSR count). The van der Waals surface area contributed by atoms with Crippen molar-refractivity contribution in [3.63, 3.8) is 0 Å². The molecule has 1 atom stereocenters. The highest BCUT2D eigenvalue weighted by Crippen LogP contribution is 2.31. The van der Waals surface area contributed by atoms with Crippen LogP contribution in [0.1, 0.15) is 42.7 Å². The van der Waals surface area contributed by atoms with E-state index in [1.807, 2.05) is 22.5 Å². The van der Waals surface area contributed by atoms with Gasteiger partial charge in [0, 0.05) is 31.6 Å². The van der Waals surface area contributed by atoms with Gasteiger partial charge in [-0.25, -0.2) is 4.98 Å². The van der Waals surface area contributed by atoms with Crippen molar-refractivity contribution in [2.75, 3.05) is 13.2 Å². The van der Waals surface area contributed by atoms with E-state index in [2.05, 4.69) is 17.3 Å². The SMILES string of the molecule is Cn1nccc1-n1nc(C2CCOC2)nc1C1CC=CC1. The second-order valence-electron chi connectivity index (χ2n) is 5.75. The lowest BCUT2D eigenvalue weighted by molar-refractivity contribution is 0.193. The van der Waals surface area contributed by atoms with Crippen molar-refractivity contribution in [2.24, 2.45) is 7.05 Å². The van der Waals surface area contributed by atoms with Crippen LogP contribution in [0.25, 0.3) is 5.82 Å². The van der Waals surface area contributed by atoms with Crippen molar-refractivity contribution >= 4 is 0 Å². The van der Waals surface area contributed by atoms with Crippen molar-refractivity contribution in [1.82, 2.24) is 24.5 Å². The molecule has 6 heteroatoms. The Balaban J connectivity index is 1.77. The van der Waals surface area contributed by atoms with Crippen LogP contribution in [0.4, 0.5) is 0 Å². The van der Waals surface area contributed by atoms with E-state index in [0.717, 1.165) is 49.9 Å². The van der Waals surface area contributed by atoms with Crippen molar-refractivity contribution in [3.8, 4) is 5.82 Å². The zero-order valence-corrected chi connectivity index (χ0v) is 12.1. The molecule has 0 aromatic carbocycles. The third kappa shape index (κ3) is 2.19. The zero-order valence-electron chi connectivity index (χ0n) is 12.1. The lowest BCUT2D eigenvalue weighted by Crippen LogP contribution is -2.11. The van der Waals surface area contributed by atoms with E-state index in [0.29, 0.717) is 11.8 Å². The van der Waals surface area contributed by atoms with Gasteiger partial charge in [0.1, 0.15) is 5.82 Å². The number of aromatic nitrogens is 5. The lowest BCUT2D eigenvalue weighted by atomic mass is 10.1. The first-order chi connectivity index (χ1) is 10.3. The maximum absolute atomic E-state index is 5.48. The molecule has 2 aliphatic rings. The molecule has 0 amide bonds. The Morgan fingerprint density at radius 2 is 2.10 bits per heavy atom. The molecule has 1 unspecified atom stereocenters. The zero-order chi connectivity index (χ0) is 14.2. The number of nitrogens with zero attached hydrogens (tertiary/aromatic N) is 5. The predicted molar refractivity (Wildman–Crippen MR) is 77.4 cm³/mol. The maximum atomic E-state index is 5.48. The van der Waals surface area contributed by atoms with E-state index < -0.39 is 0 Å². The summed E-state index contributed by atoms with van der Waals surface area (Å²) in [7, 11) is 1.94. The Labute approximate surface area is 123 Å². The molecule has 3 heterocycles. The summed E-state index contributed by atoms with van der Waals surface area (Å²) in [5, 5.41) is 9.03. The summed E-state index contributed by atoms with van der Waals surface area (Å²) in [5.41, 5.74) is 0. The third-order valence-electron chi connectivity index (χ3n) is 4.33. The molecular formula is C15H19N5O. The molecule has 21 heavy (non-hydrogen) atoms. The van der Waals surface area contributed by atoms with E-state index >= 15 is 0 Å². The van der Waals surface area contributed by atoms with Crippen LogP contribution in [0.5, 0.6) is 0 Å². The van der Waals surface area contributed by atoms with Crippen LogP contribution in [-0.2, 0) is 11.8 Å². The topological polar surface area (TPSA) is 57.8 Å². The molecule has 0 spiro atoms. The highest BCUT2D eigenvalue weighted by Gasteiger charge is 2.28. The first-order valence-electron chi connectivity index (χ1n) is 7.51. The fraction of sp³-hybridized carbons (Fsp3) is 0.533. The number of hydrogen-bond donors (Lipinski definition) is 0. The minimum Gasteiger partial charge on any atom is -0.381 e. The number of ether oxygens (including phenoxy) is 1. The summed E-state index contributed by atoms with van der Waals surface area (Å²) in [6.45, 7) is 1.54. The fourth-order valence-electron chi connectivity index (χ4n) is 3.09. The Morgan fingerprint density at radius 1 is 1.24 bits per heavy atom. The van der Waals surface area contributed by atoms with Gasteiger partial charge in [-0.1, -0.05) is 12.2 Å². The summed E-state index contributed by atoms with van der Waals surface area (Å²) in [6, 6.07) is 1.98. The second-order valence-corrected chi connectivity index (χ2v) is 5.75. The van der Waals surface area contributed by atoms with Gasteiger partial charge in [-0.05, 0) is 19.3 Å². The van der Waals surface area contributed by atoms with Gasteiger partial charge in [0.25, 0.3) is 0 Å². The minimum absolute atomic E-state index is 0.326. The van der Waals surface area contributed by atoms with Gasteiger partial charge >= 0.3 is 0 Å². The van der Waals surface area contributed by atoms with Crippen molar-refractivity contribution in [3.05, 3.63) is 36.1 Å². The number of rotatable bonds is 3. The molecule has 2 aromatic rings. The molecule has 1 aliphatic heterocycles. The molecule has 2 aromatic heterocycles. The maximum Gasteiger partial charge on any atom is 0.156 e. The first kappa shape index (κ1) is 12.8. The summed E-state index contributed by atoms with van der Waals surface area (Å²) < 4.78 is 9.29. The van der Waals surface area contributed by atoms with Crippen LogP contribution in [0.3, 0.4) is 0 Å².